The molecule has 1 aromatic heterocycles. The molecule has 2 aromatic carbocycles. The molecule has 0 atom stereocenters. The van der Waals surface area contributed by atoms with Gasteiger partial charge in [-0.05, 0) is 43.3 Å². The average molecular weight is 460 g/mol. The molecule has 0 spiro atoms. The van der Waals surface area contributed by atoms with Gasteiger partial charge in [-0.15, -0.1) is 10.2 Å². The van der Waals surface area contributed by atoms with Crippen LogP contribution >= 0.6 is 23.4 Å². The number of nitrogens with two attached hydrogens (primary N) is 1. The molecule has 0 aliphatic carbocycles. The lowest BCUT2D eigenvalue weighted by molar-refractivity contribution is -0.113. The Bertz CT molecular complexity index is 1150. The van der Waals surface area contributed by atoms with Gasteiger partial charge in [-0.3, -0.25) is 4.79 Å². The smallest absolute Gasteiger partial charge is 0.264 e. The lowest BCUT2D eigenvalue weighted by Gasteiger charge is -2.06. The molecule has 0 bridgehead atoms. The van der Waals surface area contributed by atoms with Crippen LogP contribution in [-0.4, -0.2) is 39.0 Å². The van der Waals surface area contributed by atoms with Crippen LogP contribution in [0.4, 0.5) is 11.6 Å². The van der Waals surface area contributed by atoms with E-state index in [1.807, 2.05) is 25.1 Å². The number of hydrazone groups is 1. The highest BCUT2D eigenvalue weighted by atomic mass is 35.5. The summed E-state index contributed by atoms with van der Waals surface area (Å²) in [4.78, 5) is 12.1. The van der Waals surface area contributed by atoms with Gasteiger partial charge >= 0.3 is 0 Å². The predicted molar refractivity (Wildman–Crippen MR) is 119 cm³/mol. The van der Waals surface area contributed by atoms with Gasteiger partial charge in [0.15, 0.2) is 11.5 Å². The summed E-state index contributed by atoms with van der Waals surface area (Å²) in [7, 11) is 0. The molecule has 0 saturated heterocycles. The van der Waals surface area contributed by atoms with Gasteiger partial charge in [0, 0.05) is 16.3 Å². The van der Waals surface area contributed by atoms with E-state index in [1.165, 1.54) is 4.68 Å². The zero-order chi connectivity index (χ0) is 21.8. The zero-order valence-corrected chi connectivity index (χ0v) is 17.9. The molecule has 10 nitrogen and oxygen atoms in total. The van der Waals surface area contributed by atoms with Crippen LogP contribution in [0.25, 0.3) is 0 Å². The fourth-order valence-corrected chi connectivity index (χ4v) is 3.51. The second-order valence-corrected chi connectivity index (χ2v) is 7.78. The van der Waals surface area contributed by atoms with E-state index in [-0.39, 0.29) is 24.4 Å². The summed E-state index contributed by atoms with van der Waals surface area (Å²) in [6, 6.07) is 12.4. The number of amides is 1. The van der Waals surface area contributed by atoms with E-state index in [9.17, 15) is 4.79 Å². The lowest BCUT2D eigenvalue weighted by Crippen LogP contribution is -2.17. The van der Waals surface area contributed by atoms with Crippen molar-refractivity contribution >= 4 is 46.6 Å². The second-order valence-electron chi connectivity index (χ2n) is 6.40. The number of carbonyl (C=O) groups excluding carboxylic acids is 1. The van der Waals surface area contributed by atoms with Crippen LogP contribution in [0.5, 0.6) is 11.5 Å². The maximum absolute atomic E-state index is 12.1. The van der Waals surface area contributed by atoms with Crippen molar-refractivity contribution in [3.05, 3.63) is 53.1 Å². The van der Waals surface area contributed by atoms with Gasteiger partial charge in [-0.2, -0.15) is 5.10 Å². The highest BCUT2D eigenvalue weighted by molar-refractivity contribution is 7.99. The molecule has 3 aromatic rings. The summed E-state index contributed by atoms with van der Waals surface area (Å²) in [6.07, 6.45) is 0. The van der Waals surface area contributed by atoms with Gasteiger partial charge in [0.05, 0.1) is 11.5 Å². The molecule has 0 saturated carbocycles. The normalized spacial score (nSPS) is 12.6. The fraction of sp³-hybridized carbons (Fsp3) is 0.158. The molecule has 1 aliphatic heterocycles. The summed E-state index contributed by atoms with van der Waals surface area (Å²) >= 11 is 7.06. The first-order valence-electron chi connectivity index (χ1n) is 9.08. The van der Waals surface area contributed by atoms with Crippen LogP contribution in [-0.2, 0) is 4.79 Å². The van der Waals surface area contributed by atoms with Gasteiger partial charge in [0.25, 0.3) is 5.95 Å². The van der Waals surface area contributed by atoms with Crippen molar-refractivity contribution in [1.29, 1.82) is 0 Å². The Kier molecular flexibility index (Phi) is 6.14. The third-order valence-corrected chi connectivity index (χ3v) is 5.40. The van der Waals surface area contributed by atoms with Gasteiger partial charge in [-0.25, -0.2) is 10.1 Å². The number of anilines is 2. The minimum atomic E-state index is -0.221. The van der Waals surface area contributed by atoms with Crippen molar-refractivity contribution in [2.24, 2.45) is 5.10 Å². The van der Waals surface area contributed by atoms with Crippen molar-refractivity contribution in [3.8, 4) is 11.5 Å². The van der Waals surface area contributed by atoms with Crippen LogP contribution < -0.4 is 26.1 Å². The third-order valence-electron chi connectivity index (χ3n) is 4.22. The molecule has 2 heterocycles. The van der Waals surface area contributed by atoms with E-state index >= 15 is 0 Å². The number of aromatic nitrogens is 3. The SMILES string of the molecule is C/C(=N\Nc1nnc(SCC(=O)Nc2cccc(Cl)c2)n1N)c1ccc2c(c1)OCO2. The summed E-state index contributed by atoms with van der Waals surface area (Å²) in [6.45, 7) is 2.04. The van der Waals surface area contributed by atoms with Crippen molar-refractivity contribution in [2.45, 2.75) is 12.1 Å². The van der Waals surface area contributed by atoms with Crippen molar-refractivity contribution in [1.82, 2.24) is 14.9 Å². The van der Waals surface area contributed by atoms with E-state index in [1.54, 1.807) is 24.3 Å². The topological polar surface area (TPSA) is 129 Å². The quantitative estimate of drug-likeness (QED) is 0.213. The van der Waals surface area contributed by atoms with Gasteiger partial charge in [-0.1, -0.05) is 29.4 Å². The summed E-state index contributed by atoms with van der Waals surface area (Å²) < 4.78 is 11.9. The Labute approximate surface area is 186 Å². The molecule has 1 aliphatic rings. The number of nitrogens with zero attached hydrogens (tertiary/aromatic N) is 4. The van der Waals surface area contributed by atoms with Crippen LogP contribution in [0.2, 0.25) is 5.02 Å². The second kappa shape index (κ2) is 9.14. The Morgan fingerprint density at radius 3 is 2.94 bits per heavy atom. The molecule has 12 heteroatoms. The van der Waals surface area contributed by atoms with Crippen molar-refractivity contribution in [3.63, 3.8) is 0 Å². The number of benzene rings is 2. The maximum Gasteiger partial charge on any atom is 0.264 e. The number of ether oxygens (including phenoxy) is 2. The Hall–Kier alpha value is -3.44. The largest absolute Gasteiger partial charge is 0.454 e. The summed E-state index contributed by atoms with van der Waals surface area (Å²) in [5.41, 5.74) is 4.94. The van der Waals surface area contributed by atoms with E-state index in [0.29, 0.717) is 33.1 Å². The molecular formula is C19H18ClN7O3S. The van der Waals surface area contributed by atoms with Gasteiger partial charge < -0.3 is 20.6 Å². The van der Waals surface area contributed by atoms with Crippen LogP contribution in [0.3, 0.4) is 0 Å². The number of thioether (sulfide) groups is 1. The van der Waals surface area contributed by atoms with Crippen molar-refractivity contribution < 1.29 is 14.3 Å². The number of nitrogen functional groups attached to an aromatic ring is 1. The first-order chi connectivity index (χ1) is 15.0. The number of carbonyl (C=O) groups is 1. The van der Waals surface area contributed by atoms with E-state index in [0.717, 1.165) is 17.3 Å². The van der Waals surface area contributed by atoms with E-state index < -0.39 is 0 Å². The zero-order valence-electron chi connectivity index (χ0n) is 16.3. The number of rotatable bonds is 7. The van der Waals surface area contributed by atoms with Crippen molar-refractivity contribution in [2.75, 3.05) is 29.1 Å². The first-order valence-corrected chi connectivity index (χ1v) is 10.4. The van der Waals surface area contributed by atoms with E-state index in [2.05, 4.69) is 26.0 Å². The molecule has 31 heavy (non-hydrogen) atoms. The Morgan fingerprint density at radius 1 is 1.26 bits per heavy atom. The number of halogens is 1. The van der Waals surface area contributed by atoms with Gasteiger partial charge in [0.2, 0.25) is 17.9 Å². The molecule has 0 radical (unpaired) electrons. The van der Waals surface area contributed by atoms with Crippen LogP contribution in [0.1, 0.15) is 12.5 Å². The van der Waals surface area contributed by atoms with Crippen LogP contribution in [0.15, 0.2) is 52.7 Å². The van der Waals surface area contributed by atoms with Crippen LogP contribution in [0, 0.1) is 0 Å². The molecule has 1 amide bonds. The average Bonchev–Trinajstić information content (AvgIpc) is 3.36. The number of nitrogens with one attached hydrogen (secondary N) is 2. The van der Waals surface area contributed by atoms with E-state index in [4.69, 9.17) is 26.9 Å². The maximum atomic E-state index is 12.1. The monoisotopic (exact) mass is 459 g/mol. The highest BCUT2D eigenvalue weighted by Gasteiger charge is 2.15. The molecule has 4 rings (SSSR count). The predicted octanol–water partition coefficient (Wildman–Crippen LogP) is 2.94. The lowest BCUT2D eigenvalue weighted by atomic mass is 10.1. The molecule has 0 fully saturated rings. The number of hydrogen-bond donors (Lipinski definition) is 3. The molecule has 160 valence electrons. The van der Waals surface area contributed by atoms with Gasteiger partial charge in [0.1, 0.15) is 0 Å². The minimum absolute atomic E-state index is 0.0986. The third kappa shape index (κ3) is 5.01. The Morgan fingerprint density at radius 2 is 2.10 bits per heavy atom. The standard InChI is InChI=1S/C19H18ClN7O3S/c1-11(12-5-6-15-16(7-12)30-10-29-15)23-24-18-25-26-19(27(18)21)31-9-17(28)22-14-4-2-3-13(20)8-14/h2-8H,9-10,21H2,1H3,(H,22,28)(H,24,25)/b23-11+. The molecule has 4 N–H and O–H groups in total. The summed E-state index contributed by atoms with van der Waals surface area (Å²) in [5.74, 6) is 7.50. The summed E-state index contributed by atoms with van der Waals surface area (Å²) in [5, 5.41) is 15.9. The molecule has 0 unspecified atom stereocenters. The number of hydrogen-bond acceptors (Lipinski definition) is 9. The first kappa shape index (κ1) is 20.8. The number of fused-ring (bicyclic) bond motifs is 1. The fourth-order valence-electron chi connectivity index (χ4n) is 2.67. The highest BCUT2D eigenvalue weighted by Crippen LogP contribution is 2.32. The Balaban J connectivity index is 1.34. The molecular weight excluding hydrogens is 442 g/mol. The minimum Gasteiger partial charge on any atom is -0.454 e.